The lowest BCUT2D eigenvalue weighted by Crippen LogP contribution is -1.93. The summed E-state index contributed by atoms with van der Waals surface area (Å²) in [7, 11) is 1.57. The molecule has 2 heterocycles. The molecule has 0 N–H and O–H groups in total. The second-order valence-corrected chi connectivity index (χ2v) is 6.39. The second-order valence-electron chi connectivity index (χ2n) is 5.53. The Hall–Kier alpha value is -3.30. The highest BCUT2D eigenvalue weighted by Gasteiger charge is 2.20. The number of nitriles is 1. The summed E-state index contributed by atoms with van der Waals surface area (Å²) in [5.41, 5.74) is 3.16. The van der Waals surface area contributed by atoms with E-state index in [1.54, 1.807) is 13.2 Å². The zero-order valence-electron chi connectivity index (χ0n) is 13.9. The Balaban J connectivity index is 1.70. The standard InChI is InChI=1S/C20H14N2O3S/c1-23-17-8-13(9-18-19(17)25-12-24-18)7-15(10-21)20-22-16(11-26-20)14-5-3-2-4-6-14/h2-9,11H,12H2,1H3/b15-7+. The maximum Gasteiger partial charge on any atom is 0.231 e. The number of hydrogen-bond donors (Lipinski definition) is 0. The predicted octanol–water partition coefficient (Wildman–Crippen LogP) is 4.61. The van der Waals surface area contributed by atoms with E-state index in [1.165, 1.54) is 11.3 Å². The van der Waals surface area contributed by atoms with Gasteiger partial charge in [-0.2, -0.15) is 5.26 Å². The minimum absolute atomic E-state index is 0.164. The Morgan fingerprint density at radius 3 is 2.88 bits per heavy atom. The molecular weight excluding hydrogens is 348 g/mol. The molecule has 0 unspecified atom stereocenters. The summed E-state index contributed by atoms with van der Waals surface area (Å²) in [6.45, 7) is 0.164. The van der Waals surface area contributed by atoms with Gasteiger partial charge >= 0.3 is 0 Å². The Morgan fingerprint density at radius 1 is 1.27 bits per heavy atom. The van der Waals surface area contributed by atoms with E-state index in [-0.39, 0.29) is 6.79 Å². The number of methoxy groups -OCH3 is 1. The molecule has 0 aliphatic carbocycles. The molecule has 1 aliphatic rings. The fourth-order valence-corrected chi connectivity index (χ4v) is 3.48. The molecule has 128 valence electrons. The third kappa shape index (κ3) is 3.01. The van der Waals surface area contributed by atoms with Gasteiger partial charge in [-0.05, 0) is 23.8 Å². The first-order valence-corrected chi connectivity index (χ1v) is 8.77. The minimum atomic E-state index is 0.164. The highest BCUT2D eigenvalue weighted by molar-refractivity contribution is 7.11. The molecule has 0 atom stereocenters. The number of hydrogen-bond acceptors (Lipinski definition) is 6. The van der Waals surface area contributed by atoms with E-state index in [1.807, 2.05) is 47.8 Å². The molecule has 1 aromatic heterocycles. The Morgan fingerprint density at radius 2 is 2.12 bits per heavy atom. The van der Waals surface area contributed by atoms with E-state index in [0.29, 0.717) is 27.8 Å². The van der Waals surface area contributed by atoms with Gasteiger partial charge in [-0.25, -0.2) is 4.98 Å². The average Bonchev–Trinajstić information content (AvgIpc) is 3.35. The van der Waals surface area contributed by atoms with Gasteiger partial charge in [0.25, 0.3) is 0 Å². The molecule has 5 nitrogen and oxygen atoms in total. The second kappa shape index (κ2) is 6.90. The lowest BCUT2D eigenvalue weighted by Gasteiger charge is -2.06. The van der Waals surface area contributed by atoms with Crippen LogP contribution in [0.1, 0.15) is 10.6 Å². The first-order valence-electron chi connectivity index (χ1n) is 7.89. The molecule has 2 aromatic carbocycles. The summed E-state index contributed by atoms with van der Waals surface area (Å²) in [6.07, 6.45) is 1.78. The number of rotatable bonds is 4. The topological polar surface area (TPSA) is 64.4 Å². The number of fused-ring (bicyclic) bond motifs is 1. The Kier molecular flexibility index (Phi) is 4.30. The fourth-order valence-electron chi connectivity index (χ4n) is 2.68. The van der Waals surface area contributed by atoms with Crippen LogP contribution in [-0.4, -0.2) is 18.9 Å². The Bertz CT molecular complexity index is 1020. The van der Waals surface area contributed by atoms with Gasteiger partial charge in [0.15, 0.2) is 11.5 Å². The van der Waals surface area contributed by atoms with Gasteiger partial charge in [-0.3, -0.25) is 0 Å². The first-order chi connectivity index (χ1) is 12.8. The zero-order valence-corrected chi connectivity index (χ0v) is 14.7. The van der Waals surface area contributed by atoms with E-state index < -0.39 is 0 Å². The summed E-state index contributed by atoms with van der Waals surface area (Å²) in [5.74, 6) is 1.77. The predicted molar refractivity (Wildman–Crippen MR) is 100 cm³/mol. The molecule has 0 saturated carbocycles. The molecule has 0 fully saturated rings. The van der Waals surface area contributed by atoms with Crippen molar-refractivity contribution in [2.45, 2.75) is 0 Å². The average molecular weight is 362 g/mol. The summed E-state index contributed by atoms with van der Waals surface area (Å²) in [5, 5.41) is 12.2. The number of nitrogens with zero attached hydrogens (tertiary/aromatic N) is 2. The molecule has 0 saturated heterocycles. The van der Waals surface area contributed by atoms with Crippen LogP contribution in [0.2, 0.25) is 0 Å². The lowest BCUT2D eigenvalue weighted by atomic mass is 10.1. The van der Waals surface area contributed by atoms with E-state index in [4.69, 9.17) is 14.2 Å². The van der Waals surface area contributed by atoms with Gasteiger partial charge in [-0.1, -0.05) is 30.3 Å². The van der Waals surface area contributed by atoms with Crippen molar-refractivity contribution in [2.75, 3.05) is 13.9 Å². The maximum atomic E-state index is 9.60. The van der Waals surface area contributed by atoms with Crippen LogP contribution in [-0.2, 0) is 0 Å². The van der Waals surface area contributed by atoms with Crippen molar-refractivity contribution in [3.8, 4) is 34.6 Å². The van der Waals surface area contributed by atoms with Crippen molar-refractivity contribution in [2.24, 2.45) is 0 Å². The summed E-state index contributed by atoms with van der Waals surface area (Å²) in [4.78, 5) is 4.60. The number of benzene rings is 2. The minimum Gasteiger partial charge on any atom is -0.493 e. The number of thiazole rings is 1. The molecule has 0 spiro atoms. The van der Waals surface area contributed by atoms with Gasteiger partial charge in [0, 0.05) is 10.9 Å². The maximum absolute atomic E-state index is 9.60. The third-order valence-electron chi connectivity index (χ3n) is 3.92. The molecule has 4 rings (SSSR count). The van der Waals surface area contributed by atoms with Crippen LogP contribution in [0.25, 0.3) is 22.9 Å². The molecule has 0 amide bonds. The zero-order chi connectivity index (χ0) is 17.9. The number of allylic oxidation sites excluding steroid dienone is 1. The van der Waals surface area contributed by atoms with Gasteiger partial charge in [0.1, 0.15) is 11.1 Å². The van der Waals surface area contributed by atoms with Crippen LogP contribution in [0.3, 0.4) is 0 Å². The van der Waals surface area contributed by atoms with Crippen molar-refractivity contribution < 1.29 is 14.2 Å². The van der Waals surface area contributed by atoms with Crippen LogP contribution in [0.5, 0.6) is 17.2 Å². The van der Waals surface area contributed by atoms with Crippen molar-refractivity contribution in [3.63, 3.8) is 0 Å². The summed E-state index contributed by atoms with van der Waals surface area (Å²) in [6, 6.07) is 15.8. The summed E-state index contributed by atoms with van der Waals surface area (Å²) < 4.78 is 16.2. The highest BCUT2D eigenvalue weighted by atomic mass is 32.1. The number of aromatic nitrogens is 1. The highest BCUT2D eigenvalue weighted by Crippen LogP contribution is 2.42. The molecule has 0 radical (unpaired) electrons. The molecule has 0 bridgehead atoms. The van der Waals surface area contributed by atoms with Crippen molar-refractivity contribution in [1.82, 2.24) is 4.98 Å². The lowest BCUT2D eigenvalue weighted by molar-refractivity contribution is 0.171. The molecule has 1 aliphatic heterocycles. The third-order valence-corrected chi connectivity index (χ3v) is 4.79. The van der Waals surface area contributed by atoms with Gasteiger partial charge < -0.3 is 14.2 Å². The molecule has 6 heteroatoms. The van der Waals surface area contributed by atoms with E-state index in [9.17, 15) is 5.26 Å². The number of ether oxygens (including phenoxy) is 3. The van der Waals surface area contributed by atoms with Gasteiger partial charge in [-0.15, -0.1) is 11.3 Å². The summed E-state index contributed by atoms with van der Waals surface area (Å²) >= 11 is 1.44. The normalized spacial score (nSPS) is 12.7. The largest absolute Gasteiger partial charge is 0.493 e. The van der Waals surface area contributed by atoms with Crippen molar-refractivity contribution >= 4 is 23.0 Å². The van der Waals surface area contributed by atoms with Crippen LogP contribution in [0, 0.1) is 11.3 Å². The monoisotopic (exact) mass is 362 g/mol. The van der Waals surface area contributed by atoms with E-state index in [2.05, 4.69) is 11.1 Å². The van der Waals surface area contributed by atoms with Crippen molar-refractivity contribution in [3.05, 3.63) is 58.4 Å². The smallest absolute Gasteiger partial charge is 0.231 e. The van der Waals surface area contributed by atoms with E-state index >= 15 is 0 Å². The van der Waals surface area contributed by atoms with Gasteiger partial charge in [0.2, 0.25) is 12.5 Å². The van der Waals surface area contributed by atoms with Crippen LogP contribution in [0.15, 0.2) is 47.8 Å². The van der Waals surface area contributed by atoms with Crippen LogP contribution in [0.4, 0.5) is 0 Å². The van der Waals surface area contributed by atoms with E-state index in [0.717, 1.165) is 16.8 Å². The van der Waals surface area contributed by atoms with Crippen LogP contribution >= 0.6 is 11.3 Å². The molecular formula is C20H14N2O3S. The van der Waals surface area contributed by atoms with Gasteiger partial charge in [0.05, 0.1) is 18.4 Å². The first kappa shape index (κ1) is 16.2. The quantitative estimate of drug-likeness (QED) is 0.634. The molecule has 26 heavy (non-hydrogen) atoms. The van der Waals surface area contributed by atoms with Crippen LogP contribution < -0.4 is 14.2 Å². The Labute approximate surface area is 154 Å². The SMILES string of the molecule is COc1cc(/C=C(\C#N)c2nc(-c3ccccc3)cs2)cc2c1OCO2. The fraction of sp³-hybridized carbons (Fsp3) is 0.100. The van der Waals surface area contributed by atoms with Crippen molar-refractivity contribution in [1.29, 1.82) is 5.26 Å². The molecule has 3 aromatic rings.